The molecule has 0 saturated carbocycles. The molecule has 7 heteroatoms. The maximum Gasteiger partial charge on any atom is 0.340 e. The summed E-state index contributed by atoms with van der Waals surface area (Å²) in [5, 5.41) is 0. The summed E-state index contributed by atoms with van der Waals surface area (Å²) in [6, 6.07) is 16.8. The van der Waals surface area contributed by atoms with Crippen molar-refractivity contribution in [3.05, 3.63) is 89.2 Å². The Kier molecular flexibility index (Phi) is 5.75. The fourth-order valence-electron chi connectivity index (χ4n) is 2.65. The molecule has 0 atom stereocenters. The Hall–Kier alpha value is -3.19. The molecule has 0 fully saturated rings. The Morgan fingerprint density at radius 1 is 1.04 bits per heavy atom. The highest BCUT2D eigenvalue weighted by atomic mass is 32.2. The Labute approximate surface area is 164 Å². The van der Waals surface area contributed by atoms with Crippen LogP contribution >= 0.6 is 0 Å². The summed E-state index contributed by atoms with van der Waals surface area (Å²) in [7, 11) is -3.86. The lowest BCUT2D eigenvalue weighted by atomic mass is 10.2. The molecule has 0 bridgehead atoms. The van der Waals surface area contributed by atoms with Crippen molar-refractivity contribution in [1.29, 1.82) is 0 Å². The average molecular weight is 396 g/mol. The number of pyridine rings is 1. The lowest BCUT2D eigenvalue weighted by molar-refractivity contribution is 0.0469. The number of rotatable bonds is 6. The van der Waals surface area contributed by atoms with Crippen molar-refractivity contribution < 1.29 is 17.9 Å². The predicted molar refractivity (Wildman–Crippen MR) is 107 cm³/mol. The summed E-state index contributed by atoms with van der Waals surface area (Å²) in [6.45, 7) is 3.54. The van der Waals surface area contributed by atoms with Crippen LogP contribution in [-0.4, -0.2) is 19.4 Å². The quantitative estimate of drug-likeness (QED) is 0.640. The molecule has 1 aromatic heterocycles. The number of anilines is 1. The van der Waals surface area contributed by atoms with E-state index in [-0.39, 0.29) is 22.8 Å². The second kappa shape index (κ2) is 8.22. The number of hydrogen-bond acceptors (Lipinski definition) is 5. The number of carbonyl (C=O) groups is 1. The van der Waals surface area contributed by atoms with Gasteiger partial charge in [0.2, 0.25) is 0 Å². The van der Waals surface area contributed by atoms with Gasteiger partial charge in [0, 0.05) is 6.20 Å². The Bertz CT molecular complexity index is 1100. The molecular weight excluding hydrogens is 376 g/mol. The van der Waals surface area contributed by atoms with Gasteiger partial charge in [0.05, 0.1) is 21.8 Å². The largest absolute Gasteiger partial charge is 0.456 e. The summed E-state index contributed by atoms with van der Waals surface area (Å²) in [4.78, 5) is 16.8. The van der Waals surface area contributed by atoms with Crippen molar-refractivity contribution >= 4 is 21.7 Å². The van der Waals surface area contributed by atoms with Crippen LogP contribution in [-0.2, 0) is 21.4 Å². The zero-order valence-electron chi connectivity index (χ0n) is 15.5. The van der Waals surface area contributed by atoms with E-state index in [2.05, 4.69) is 9.71 Å². The molecule has 1 heterocycles. The van der Waals surface area contributed by atoms with E-state index in [0.717, 1.165) is 5.56 Å². The van der Waals surface area contributed by atoms with Gasteiger partial charge in [0.25, 0.3) is 10.0 Å². The van der Waals surface area contributed by atoms with Gasteiger partial charge in [-0.1, -0.05) is 30.3 Å². The van der Waals surface area contributed by atoms with Crippen LogP contribution in [0, 0.1) is 13.8 Å². The fraction of sp³-hybridized carbons (Fsp3) is 0.143. The van der Waals surface area contributed by atoms with Crippen molar-refractivity contribution in [1.82, 2.24) is 4.98 Å². The predicted octanol–water partition coefficient (Wildman–Crippen LogP) is 3.86. The number of para-hydroxylation sites is 1. The summed E-state index contributed by atoms with van der Waals surface area (Å²) >= 11 is 0. The molecule has 0 spiro atoms. The smallest absolute Gasteiger partial charge is 0.340 e. The minimum absolute atomic E-state index is 0.00224. The highest BCUT2D eigenvalue weighted by Crippen LogP contribution is 2.23. The number of ether oxygens (including phenoxy) is 1. The number of benzene rings is 2. The maximum atomic E-state index is 12.9. The first-order valence-electron chi connectivity index (χ1n) is 8.63. The standard InChI is InChI=1S/C21H20N2O4S/c1-15-10-11-16(2)20(13-15)28(25,26)23-19-9-4-3-8-18(19)21(24)27-14-17-7-5-6-12-22-17/h3-13,23H,14H2,1-2H3. The lowest BCUT2D eigenvalue weighted by Crippen LogP contribution is -2.17. The molecule has 0 amide bonds. The second-order valence-corrected chi connectivity index (χ2v) is 7.97. The molecule has 1 N–H and O–H groups in total. The van der Waals surface area contributed by atoms with Crippen LogP contribution in [0.15, 0.2) is 71.8 Å². The summed E-state index contributed by atoms with van der Waals surface area (Å²) < 4.78 is 33.5. The number of nitrogens with one attached hydrogen (secondary N) is 1. The van der Waals surface area contributed by atoms with Gasteiger partial charge >= 0.3 is 5.97 Å². The number of carbonyl (C=O) groups excluding carboxylic acids is 1. The molecule has 0 radical (unpaired) electrons. The molecule has 3 rings (SSSR count). The second-order valence-electron chi connectivity index (χ2n) is 6.32. The van der Waals surface area contributed by atoms with E-state index in [0.29, 0.717) is 11.3 Å². The highest BCUT2D eigenvalue weighted by molar-refractivity contribution is 7.92. The fourth-order valence-corrected chi connectivity index (χ4v) is 4.06. The van der Waals surface area contributed by atoms with E-state index in [1.54, 1.807) is 55.6 Å². The molecule has 28 heavy (non-hydrogen) atoms. The number of sulfonamides is 1. The van der Waals surface area contributed by atoms with Crippen LogP contribution in [0.3, 0.4) is 0 Å². The van der Waals surface area contributed by atoms with Crippen LogP contribution < -0.4 is 4.72 Å². The third-order valence-corrected chi connectivity index (χ3v) is 5.61. The number of nitrogens with zero attached hydrogens (tertiary/aromatic N) is 1. The molecule has 144 valence electrons. The number of aryl methyl sites for hydroxylation is 2. The van der Waals surface area contributed by atoms with Gasteiger partial charge in [0.1, 0.15) is 6.61 Å². The van der Waals surface area contributed by atoms with Gasteiger partial charge in [-0.15, -0.1) is 0 Å². The van der Waals surface area contributed by atoms with Crippen molar-refractivity contribution in [3.63, 3.8) is 0 Å². The molecule has 0 aliphatic carbocycles. The number of aromatic nitrogens is 1. The topological polar surface area (TPSA) is 85.4 Å². The molecule has 0 unspecified atom stereocenters. The Morgan fingerprint density at radius 2 is 1.79 bits per heavy atom. The third kappa shape index (κ3) is 4.55. The van der Waals surface area contributed by atoms with Crippen LogP contribution in [0.5, 0.6) is 0 Å². The van der Waals surface area contributed by atoms with E-state index in [4.69, 9.17) is 4.74 Å². The maximum absolute atomic E-state index is 12.9. The zero-order chi connectivity index (χ0) is 20.1. The van der Waals surface area contributed by atoms with Gasteiger partial charge < -0.3 is 4.74 Å². The molecule has 6 nitrogen and oxygen atoms in total. The SMILES string of the molecule is Cc1ccc(C)c(S(=O)(=O)Nc2ccccc2C(=O)OCc2ccccn2)c1. The van der Waals surface area contributed by atoms with Gasteiger partial charge in [-0.2, -0.15) is 0 Å². The van der Waals surface area contributed by atoms with E-state index in [9.17, 15) is 13.2 Å². The highest BCUT2D eigenvalue weighted by Gasteiger charge is 2.21. The van der Waals surface area contributed by atoms with Gasteiger partial charge in [-0.25, -0.2) is 13.2 Å². The summed E-state index contributed by atoms with van der Waals surface area (Å²) in [5.41, 5.74) is 2.34. The minimum atomic E-state index is -3.86. The minimum Gasteiger partial charge on any atom is -0.456 e. The molecule has 0 aliphatic rings. The van der Waals surface area contributed by atoms with Crippen molar-refractivity contribution in [2.75, 3.05) is 4.72 Å². The van der Waals surface area contributed by atoms with Gasteiger partial charge in [-0.05, 0) is 55.3 Å². The first-order valence-corrected chi connectivity index (χ1v) is 10.1. The van der Waals surface area contributed by atoms with Crippen molar-refractivity contribution in [2.45, 2.75) is 25.3 Å². The summed E-state index contributed by atoms with van der Waals surface area (Å²) in [6.07, 6.45) is 1.61. The first-order chi connectivity index (χ1) is 13.4. The van der Waals surface area contributed by atoms with E-state index in [1.807, 2.05) is 13.0 Å². The van der Waals surface area contributed by atoms with E-state index in [1.165, 1.54) is 12.1 Å². The third-order valence-electron chi connectivity index (χ3n) is 4.10. The normalized spacial score (nSPS) is 11.1. The van der Waals surface area contributed by atoms with E-state index < -0.39 is 16.0 Å². The van der Waals surface area contributed by atoms with Gasteiger partial charge in [0.15, 0.2) is 0 Å². The number of esters is 1. The van der Waals surface area contributed by atoms with Crippen LogP contribution in [0.4, 0.5) is 5.69 Å². The first kappa shape index (κ1) is 19.6. The van der Waals surface area contributed by atoms with Crippen LogP contribution in [0.2, 0.25) is 0 Å². The molecule has 0 aliphatic heterocycles. The average Bonchev–Trinajstić information content (AvgIpc) is 2.69. The number of hydrogen-bond donors (Lipinski definition) is 1. The molecule has 3 aromatic rings. The Balaban J connectivity index is 1.83. The van der Waals surface area contributed by atoms with Crippen molar-refractivity contribution in [2.24, 2.45) is 0 Å². The Morgan fingerprint density at radius 3 is 2.54 bits per heavy atom. The summed E-state index contributed by atoms with van der Waals surface area (Å²) in [5.74, 6) is -0.634. The molecular formula is C21H20N2O4S. The zero-order valence-corrected chi connectivity index (χ0v) is 16.4. The van der Waals surface area contributed by atoms with Crippen LogP contribution in [0.25, 0.3) is 0 Å². The van der Waals surface area contributed by atoms with Crippen LogP contribution in [0.1, 0.15) is 27.2 Å². The van der Waals surface area contributed by atoms with E-state index >= 15 is 0 Å². The lowest BCUT2D eigenvalue weighted by Gasteiger charge is -2.14. The van der Waals surface area contributed by atoms with Crippen molar-refractivity contribution in [3.8, 4) is 0 Å². The van der Waals surface area contributed by atoms with Gasteiger partial charge in [-0.3, -0.25) is 9.71 Å². The molecule has 0 saturated heterocycles. The molecule has 2 aromatic carbocycles. The monoisotopic (exact) mass is 396 g/mol.